The summed E-state index contributed by atoms with van der Waals surface area (Å²) in [6.45, 7) is 2.11. The smallest absolute Gasteiger partial charge is 0.338 e. The van der Waals surface area contributed by atoms with Gasteiger partial charge in [0.05, 0.1) is 28.2 Å². The van der Waals surface area contributed by atoms with Crippen molar-refractivity contribution in [3.8, 4) is 6.07 Å². The fraction of sp³-hybridized carbons (Fsp3) is 0.387. The summed E-state index contributed by atoms with van der Waals surface area (Å²) in [5.74, 6) is -1.17. The largest absolute Gasteiger partial charge is 0.478 e. The monoisotopic (exact) mass is 558 g/mol. The molecule has 1 N–H and O–H groups in total. The van der Waals surface area contributed by atoms with Crippen LogP contribution >= 0.6 is 0 Å². The van der Waals surface area contributed by atoms with E-state index in [0.717, 1.165) is 50.3 Å². The van der Waals surface area contributed by atoms with Gasteiger partial charge in [-0.15, -0.1) is 0 Å². The molecule has 1 saturated heterocycles. The van der Waals surface area contributed by atoms with Crippen LogP contribution in [0.5, 0.6) is 0 Å². The van der Waals surface area contributed by atoms with Crippen molar-refractivity contribution in [3.63, 3.8) is 0 Å². The van der Waals surface area contributed by atoms with Crippen LogP contribution in [0.15, 0.2) is 66.2 Å². The maximum Gasteiger partial charge on any atom is 0.338 e. The Balaban J connectivity index is 1.25. The average Bonchev–Trinajstić information content (AvgIpc) is 3.16. The van der Waals surface area contributed by atoms with Gasteiger partial charge in [0.15, 0.2) is 11.7 Å². The van der Waals surface area contributed by atoms with Crippen molar-refractivity contribution in [2.75, 3.05) is 44.0 Å². The van der Waals surface area contributed by atoms with Crippen molar-refractivity contribution >= 4 is 17.3 Å². The van der Waals surface area contributed by atoms with E-state index in [0.29, 0.717) is 23.5 Å². The Bertz CT molecular complexity index is 1430. The summed E-state index contributed by atoms with van der Waals surface area (Å²) in [4.78, 5) is 24.2. The van der Waals surface area contributed by atoms with Crippen LogP contribution in [-0.4, -0.2) is 72.4 Å². The molecule has 0 saturated carbocycles. The normalized spacial score (nSPS) is 22.2. The van der Waals surface area contributed by atoms with Gasteiger partial charge in [0.2, 0.25) is 0 Å². The molecule has 0 aliphatic carbocycles. The lowest BCUT2D eigenvalue weighted by molar-refractivity contribution is 0.0450. The quantitative estimate of drug-likeness (QED) is 0.507. The summed E-state index contributed by atoms with van der Waals surface area (Å²) >= 11 is 0. The number of nitrogens with zero attached hydrogens (tertiary/aromatic N) is 6. The van der Waals surface area contributed by atoms with E-state index in [9.17, 15) is 9.90 Å². The van der Waals surface area contributed by atoms with Crippen LogP contribution in [-0.2, 0) is 11.3 Å². The van der Waals surface area contributed by atoms with E-state index in [1.807, 2.05) is 37.0 Å². The summed E-state index contributed by atoms with van der Waals surface area (Å²) in [5, 5.41) is 18.4. The third kappa shape index (κ3) is 5.77. The molecule has 3 aliphatic heterocycles. The molecule has 41 heavy (non-hydrogen) atoms. The molecule has 9 nitrogen and oxygen atoms in total. The van der Waals surface area contributed by atoms with Gasteiger partial charge in [-0.1, -0.05) is 17.7 Å². The van der Waals surface area contributed by atoms with Gasteiger partial charge in [-0.25, -0.2) is 9.18 Å². The first-order valence-electron chi connectivity index (χ1n) is 13.8. The Labute approximate surface area is 240 Å². The van der Waals surface area contributed by atoms with Crippen molar-refractivity contribution < 1.29 is 19.0 Å². The Morgan fingerprint density at radius 2 is 2.00 bits per heavy atom. The Kier molecular flexibility index (Phi) is 8.26. The minimum atomic E-state index is -1.26. The number of hydrogen-bond donors (Lipinski definition) is 1. The average molecular weight is 559 g/mol. The fourth-order valence-electron chi connectivity index (χ4n) is 5.80. The van der Waals surface area contributed by atoms with E-state index in [4.69, 9.17) is 10.00 Å². The van der Waals surface area contributed by atoms with Crippen LogP contribution in [0.4, 0.5) is 15.8 Å². The number of rotatable bonds is 6. The molecular weight excluding hydrogens is 523 g/mol. The number of nitriles is 1. The zero-order valence-corrected chi connectivity index (χ0v) is 23.6. The zero-order chi connectivity index (χ0) is 29.1. The maximum atomic E-state index is 15.1. The van der Waals surface area contributed by atoms with E-state index >= 15 is 4.39 Å². The van der Waals surface area contributed by atoms with Crippen LogP contribution in [0.2, 0.25) is 0 Å². The molecule has 1 aromatic heterocycles. The lowest BCUT2D eigenvalue weighted by atomic mass is 10.1. The number of likely N-dealkylation sites (N-methyl/N-ethyl adjacent to an activating group) is 3. The van der Waals surface area contributed by atoms with Gasteiger partial charge in [0.1, 0.15) is 25.0 Å². The number of anilines is 2. The van der Waals surface area contributed by atoms with Crippen molar-refractivity contribution in [3.05, 3.63) is 88.9 Å². The maximum absolute atomic E-state index is 15.1. The molecule has 3 aliphatic rings. The highest BCUT2D eigenvalue weighted by Gasteiger charge is 2.35. The highest BCUT2D eigenvalue weighted by atomic mass is 19.1. The number of likely N-dealkylation sites (tertiary alicyclic amines) is 1. The van der Waals surface area contributed by atoms with Gasteiger partial charge in [0.25, 0.3) is 0 Å². The molecule has 1 aromatic carbocycles. The van der Waals surface area contributed by atoms with E-state index in [-0.39, 0.29) is 17.9 Å². The molecule has 5 rings (SSSR count). The number of pyridine rings is 1. The lowest BCUT2D eigenvalue weighted by Gasteiger charge is -2.36. The molecule has 0 spiro atoms. The second-order valence-corrected chi connectivity index (χ2v) is 10.6. The Hall–Kier alpha value is -4.36. The molecule has 10 heteroatoms. The molecule has 2 aromatic rings. The first-order chi connectivity index (χ1) is 19.8. The summed E-state index contributed by atoms with van der Waals surface area (Å²) in [6, 6.07) is 8.66. The number of aromatic nitrogens is 1. The Morgan fingerprint density at radius 3 is 2.73 bits per heavy atom. The first-order valence-corrected chi connectivity index (χ1v) is 13.8. The number of carboxylic acids is 1. The summed E-state index contributed by atoms with van der Waals surface area (Å²) < 4.78 is 21.3. The number of halogens is 1. The van der Waals surface area contributed by atoms with Crippen LogP contribution in [0, 0.1) is 17.1 Å². The number of carbonyl (C=O) groups is 1. The number of carboxylic acid groups (broad SMARTS) is 1. The summed E-state index contributed by atoms with van der Waals surface area (Å²) in [6.07, 6.45) is 13.7. The number of benzene rings is 1. The van der Waals surface area contributed by atoms with Crippen molar-refractivity contribution in [2.45, 2.75) is 44.6 Å². The SMILES string of the molecule is CN1C(OCc2ccc(C#N)cn2)=CCC=CC1N1CCC/C(=C\C2N(C)c3ccc(C(=O)O)c(F)c3N2C)CC1. The van der Waals surface area contributed by atoms with Crippen molar-refractivity contribution in [1.82, 2.24) is 14.8 Å². The number of aromatic carboxylic acids is 1. The van der Waals surface area contributed by atoms with Crippen LogP contribution in [0.3, 0.4) is 0 Å². The zero-order valence-electron chi connectivity index (χ0n) is 23.6. The van der Waals surface area contributed by atoms with Gasteiger partial charge in [-0.05, 0) is 62.1 Å². The van der Waals surface area contributed by atoms with Crippen molar-refractivity contribution in [1.29, 1.82) is 5.26 Å². The standard InChI is InChI=1S/C31H35FN6O3/c1-35-25-13-12-24(31(39)40)29(32)30(25)37(3)27(35)17-21-7-6-15-38(16-14-21)26-8-4-5-9-28(36(26)2)41-20-23-11-10-22(18-33)19-34-23/h4,8-13,17,19,26-27H,5-7,14-16,20H2,1-3H3,(H,39,40)/b21-17+. The number of ether oxygens (including phenoxy) is 1. The third-order valence-corrected chi connectivity index (χ3v) is 8.08. The summed E-state index contributed by atoms with van der Waals surface area (Å²) in [7, 11) is 5.77. The minimum Gasteiger partial charge on any atom is -0.478 e. The molecule has 4 heterocycles. The first kappa shape index (κ1) is 28.2. The van der Waals surface area contributed by atoms with Crippen LogP contribution in [0.25, 0.3) is 0 Å². The fourth-order valence-corrected chi connectivity index (χ4v) is 5.80. The van der Waals surface area contributed by atoms with Gasteiger partial charge in [-0.3, -0.25) is 9.88 Å². The number of fused-ring (bicyclic) bond motifs is 1. The Morgan fingerprint density at radius 1 is 1.17 bits per heavy atom. The summed E-state index contributed by atoms with van der Waals surface area (Å²) in [5.41, 5.74) is 3.29. The van der Waals surface area contributed by atoms with E-state index in [1.54, 1.807) is 18.3 Å². The van der Waals surface area contributed by atoms with Crippen LogP contribution in [0.1, 0.15) is 47.3 Å². The van der Waals surface area contributed by atoms with Gasteiger partial charge in [0, 0.05) is 40.4 Å². The van der Waals surface area contributed by atoms with Crippen molar-refractivity contribution in [2.24, 2.45) is 0 Å². The molecular formula is C31H35FN6O3. The molecule has 1 fully saturated rings. The van der Waals surface area contributed by atoms with E-state index in [2.05, 4.69) is 45.2 Å². The predicted octanol–water partition coefficient (Wildman–Crippen LogP) is 4.69. The topological polar surface area (TPSA) is 96.2 Å². The number of allylic oxidation sites excluding steroid dienone is 2. The second-order valence-electron chi connectivity index (χ2n) is 10.6. The van der Waals surface area contributed by atoms with E-state index in [1.165, 1.54) is 11.6 Å². The number of hydrogen-bond acceptors (Lipinski definition) is 8. The molecule has 0 bridgehead atoms. The molecule has 214 valence electrons. The highest BCUT2D eigenvalue weighted by Crippen LogP contribution is 2.42. The molecule has 0 amide bonds. The van der Waals surface area contributed by atoms with Gasteiger partial charge in [-0.2, -0.15) is 5.26 Å². The highest BCUT2D eigenvalue weighted by molar-refractivity contribution is 5.93. The minimum absolute atomic E-state index is 0.0432. The van der Waals surface area contributed by atoms with E-state index < -0.39 is 11.8 Å². The molecule has 2 unspecified atom stereocenters. The van der Waals surface area contributed by atoms with Crippen LogP contribution < -0.4 is 9.80 Å². The second kappa shape index (κ2) is 12.0. The van der Waals surface area contributed by atoms with Gasteiger partial charge >= 0.3 is 5.97 Å². The molecule has 2 atom stereocenters. The lowest BCUT2D eigenvalue weighted by Crippen LogP contribution is -2.45. The predicted molar refractivity (Wildman–Crippen MR) is 155 cm³/mol. The third-order valence-electron chi connectivity index (χ3n) is 8.08. The van der Waals surface area contributed by atoms with Gasteiger partial charge < -0.3 is 24.5 Å². The molecule has 0 radical (unpaired) electrons.